The lowest BCUT2D eigenvalue weighted by molar-refractivity contribution is 0.584. The Morgan fingerprint density at radius 3 is 2.33 bits per heavy atom. The van der Waals surface area contributed by atoms with Gasteiger partial charge in [-0.1, -0.05) is 20.8 Å². The quantitative estimate of drug-likeness (QED) is 0.619. The summed E-state index contributed by atoms with van der Waals surface area (Å²) < 4.78 is 0.915. The molecule has 66 valence electrons. The zero-order valence-electron chi connectivity index (χ0n) is 7.98. The van der Waals surface area contributed by atoms with Gasteiger partial charge in [-0.3, -0.25) is 0 Å². The molecule has 0 N–H and O–H groups in total. The second-order valence-electron chi connectivity index (χ2n) is 4.07. The molecule has 0 radical (unpaired) electrons. The fourth-order valence-electron chi connectivity index (χ4n) is 1.31. The van der Waals surface area contributed by atoms with Crippen molar-refractivity contribution in [2.75, 3.05) is 0 Å². The standard InChI is InChI=1S/C10H14BrN/c1-7-6-12-9(11)5-8(7)10(2,3)4/h5-6H,1-4H3. The Bertz CT molecular complexity index is 286. The summed E-state index contributed by atoms with van der Waals surface area (Å²) in [6.45, 7) is 8.73. The van der Waals surface area contributed by atoms with Gasteiger partial charge in [-0.2, -0.15) is 0 Å². The largest absolute Gasteiger partial charge is 0.249 e. The molecule has 0 aliphatic carbocycles. The Labute approximate surface area is 82.3 Å². The molecule has 0 bridgehead atoms. The highest BCUT2D eigenvalue weighted by molar-refractivity contribution is 9.10. The maximum absolute atomic E-state index is 4.17. The highest BCUT2D eigenvalue weighted by Crippen LogP contribution is 2.26. The van der Waals surface area contributed by atoms with E-state index in [0.717, 1.165) is 4.60 Å². The first-order chi connectivity index (χ1) is 5.41. The van der Waals surface area contributed by atoms with Crippen LogP contribution in [0, 0.1) is 6.92 Å². The van der Waals surface area contributed by atoms with Crippen LogP contribution in [-0.4, -0.2) is 4.98 Å². The molecule has 0 aromatic carbocycles. The van der Waals surface area contributed by atoms with Crippen LogP contribution in [0.25, 0.3) is 0 Å². The van der Waals surface area contributed by atoms with Crippen LogP contribution in [0.3, 0.4) is 0 Å². The van der Waals surface area contributed by atoms with Gasteiger partial charge in [0, 0.05) is 6.20 Å². The average Bonchev–Trinajstić information content (AvgIpc) is 1.92. The molecule has 0 aliphatic heterocycles. The van der Waals surface area contributed by atoms with Gasteiger partial charge in [0.25, 0.3) is 0 Å². The van der Waals surface area contributed by atoms with Gasteiger partial charge in [-0.05, 0) is 45.5 Å². The van der Waals surface area contributed by atoms with E-state index in [1.165, 1.54) is 11.1 Å². The first-order valence-electron chi connectivity index (χ1n) is 4.04. The van der Waals surface area contributed by atoms with Crippen LogP contribution < -0.4 is 0 Å². The normalized spacial score (nSPS) is 11.8. The molecule has 1 aromatic rings. The van der Waals surface area contributed by atoms with E-state index in [1.54, 1.807) is 0 Å². The Morgan fingerprint density at radius 1 is 1.33 bits per heavy atom. The zero-order valence-corrected chi connectivity index (χ0v) is 9.57. The molecule has 0 saturated carbocycles. The van der Waals surface area contributed by atoms with Crippen LogP contribution in [0.5, 0.6) is 0 Å². The predicted octanol–water partition coefficient (Wildman–Crippen LogP) is 3.45. The third kappa shape index (κ3) is 2.07. The molecule has 0 spiro atoms. The number of nitrogens with zero attached hydrogens (tertiary/aromatic N) is 1. The summed E-state index contributed by atoms with van der Waals surface area (Å²) in [5, 5.41) is 0. The van der Waals surface area contributed by atoms with E-state index in [1.807, 2.05) is 6.20 Å². The van der Waals surface area contributed by atoms with Crippen LogP contribution in [0.2, 0.25) is 0 Å². The molecule has 1 rings (SSSR count). The molecule has 0 unspecified atom stereocenters. The highest BCUT2D eigenvalue weighted by atomic mass is 79.9. The number of hydrogen-bond donors (Lipinski definition) is 0. The summed E-state index contributed by atoms with van der Waals surface area (Å²) in [6, 6.07) is 2.09. The van der Waals surface area contributed by atoms with E-state index >= 15 is 0 Å². The third-order valence-corrected chi connectivity index (χ3v) is 2.31. The molecule has 0 saturated heterocycles. The molecule has 12 heavy (non-hydrogen) atoms. The molecule has 0 atom stereocenters. The summed E-state index contributed by atoms with van der Waals surface area (Å²) in [5.74, 6) is 0. The van der Waals surface area contributed by atoms with Crippen molar-refractivity contribution in [3.63, 3.8) is 0 Å². The van der Waals surface area contributed by atoms with Crippen molar-refractivity contribution in [1.82, 2.24) is 4.98 Å². The van der Waals surface area contributed by atoms with Crippen molar-refractivity contribution in [2.45, 2.75) is 33.1 Å². The Morgan fingerprint density at radius 2 is 1.92 bits per heavy atom. The molecular weight excluding hydrogens is 214 g/mol. The van der Waals surface area contributed by atoms with Gasteiger partial charge < -0.3 is 0 Å². The van der Waals surface area contributed by atoms with Gasteiger partial charge in [0.2, 0.25) is 0 Å². The highest BCUT2D eigenvalue weighted by Gasteiger charge is 2.16. The summed E-state index contributed by atoms with van der Waals surface area (Å²) in [4.78, 5) is 4.17. The molecule has 0 aliphatic rings. The topological polar surface area (TPSA) is 12.9 Å². The fraction of sp³-hybridized carbons (Fsp3) is 0.500. The number of pyridine rings is 1. The minimum absolute atomic E-state index is 0.204. The number of aryl methyl sites for hydroxylation is 1. The van der Waals surface area contributed by atoms with Gasteiger partial charge in [0.1, 0.15) is 4.60 Å². The lowest BCUT2D eigenvalue weighted by Crippen LogP contribution is -2.13. The maximum atomic E-state index is 4.17. The number of rotatable bonds is 0. The minimum Gasteiger partial charge on any atom is -0.249 e. The summed E-state index contributed by atoms with van der Waals surface area (Å²) in [7, 11) is 0. The monoisotopic (exact) mass is 227 g/mol. The Hall–Kier alpha value is -0.370. The molecule has 0 amide bonds. The van der Waals surface area contributed by atoms with Crippen molar-refractivity contribution in [1.29, 1.82) is 0 Å². The SMILES string of the molecule is Cc1cnc(Br)cc1C(C)(C)C. The maximum Gasteiger partial charge on any atom is 0.106 e. The van der Waals surface area contributed by atoms with Crippen molar-refractivity contribution >= 4 is 15.9 Å². The lowest BCUT2D eigenvalue weighted by atomic mass is 9.85. The molecule has 0 fully saturated rings. The number of halogens is 1. The van der Waals surface area contributed by atoms with Crippen LogP contribution >= 0.6 is 15.9 Å². The molecular formula is C10H14BrN. The van der Waals surface area contributed by atoms with Crippen LogP contribution in [0.4, 0.5) is 0 Å². The van der Waals surface area contributed by atoms with Gasteiger partial charge >= 0.3 is 0 Å². The van der Waals surface area contributed by atoms with E-state index in [2.05, 4.69) is 54.7 Å². The van der Waals surface area contributed by atoms with E-state index < -0.39 is 0 Å². The van der Waals surface area contributed by atoms with Gasteiger partial charge in [0.15, 0.2) is 0 Å². The van der Waals surface area contributed by atoms with Gasteiger partial charge in [-0.25, -0.2) is 4.98 Å². The van der Waals surface area contributed by atoms with Crippen molar-refractivity contribution < 1.29 is 0 Å². The Balaban J connectivity index is 3.23. The van der Waals surface area contributed by atoms with E-state index in [0.29, 0.717) is 0 Å². The molecule has 1 aromatic heterocycles. The summed E-state index contributed by atoms with van der Waals surface area (Å²) >= 11 is 3.38. The van der Waals surface area contributed by atoms with E-state index in [9.17, 15) is 0 Å². The van der Waals surface area contributed by atoms with Crippen molar-refractivity contribution in [2.24, 2.45) is 0 Å². The minimum atomic E-state index is 0.204. The van der Waals surface area contributed by atoms with Crippen LogP contribution in [-0.2, 0) is 5.41 Å². The Kier molecular flexibility index (Phi) is 2.57. The predicted molar refractivity (Wildman–Crippen MR) is 55.4 cm³/mol. The van der Waals surface area contributed by atoms with E-state index in [-0.39, 0.29) is 5.41 Å². The fourth-order valence-corrected chi connectivity index (χ4v) is 1.64. The first kappa shape index (κ1) is 9.72. The second-order valence-corrected chi connectivity index (χ2v) is 4.88. The summed E-state index contributed by atoms with van der Waals surface area (Å²) in [6.07, 6.45) is 1.91. The van der Waals surface area contributed by atoms with Crippen molar-refractivity contribution in [3.8, 4) is 0 Å². The van der Waals surface area contributed by atoms with Crippen LogP contribution in [0.1, 0.15) is 31.9 Å². The van der Waals surface area contributed by atoms with E-state index in [4.69, 9.17) is 0 Å². The zero-order chi connectivity index (χ0) is 9.35. The smallest absolute Gasteiger partial charge is 0.106 e. The van der Waals surface area contributed by atoms with Gasteiger partial charge in [-0.15, -0.1) is 0 Å². The summed E-state index contributed by atoms with van der Waals surface area (Å²) in [5.41, 5.74) is 2.81. The van der Waals surface area contributed by atoms with Gasteiger partial charge in [0.05, 0.1) is 0 Å². The number of hydrogen-bond acceptors (Lipinski definition) is 1. The average molecular weight is 228 g/mol. The third-order valence-electron chi connectivity index (χ3n) is 1.88. The molecule has 1 heterocycles. The lowest BCUT2D eigenvalue weighted by Gasteiger charge is -2.21. The van der Waals surface area contributed by atoms with Crippen molar-refractivity contribution in [3.05, 3.63) is 28.0 Å². The molecule has 1 nitrogen and oxygen atoms in total. The number of aromatic nitrogens is 1. The van der Waals surface area contributed by atoms with Crippen LogP contribution in [0.15, 0.2) is 16.9 Å². The second kappa shape index (κ2) is 3.17. The molecule has 2 heteroatoms. The first-order valence-corrected chi connectivity index (χ1v) is 4.83.